The molecule has 0 aliphatic carbocycles. The van der Waals surface area contributed by atoms with Gasteiger partial charge in [0.2, 0.25) is 5.95 Å². The highest BCUT2D eigenvalue weighted by Gasteiger charge is 2.14. The number of anilines is 1. The minimum Gasteiger partial charge on any atom is -0.374 e. The van der Waals surface area contributed by atoms with Crippen LogP contribution in [0.2, 0.25) is 5.02 Å². The molecule has 136 valence electrons. The summed E-state index contributed by atoms with van der Waals surface area (Å²) >= 11 is 6.19. The Balaban J connectivity index is 1.64. The van der Waals surface area contributed by atoms with Crippen molar-refractivity contribution < 1.29 is 5.11 Å². The van der Waals surface area contributed by atoms with Crippen LogP contribution in [0.5, 0.6) is 0 Å². The van der Waals surface area contributed by atoms with Crippen LogP contribution in [0.15, 0.2) is 67.0 Å². The first kappa shape index (κ1) is 17.5. The van der Waals surface area contributed by atoms with E-state index in [0.29, 0.717) is 17.4 Å². The molecule has 4 aromatic rings. The van der Waals surface area contributed by atoms with Gasteiger partial charge >= 0.3 is 0 Å². The molecule has 0 radical (unpaired) electrons. The van der Waals surface area contributed by atoms with Crippen molar-refractivity contribution in [1.29, 1.82) is 0 Å². The number of rotatable bonds is 5. The fourth-order valence-electron chi connectivity index (χ4n) is 3.09. The third kappa shape index (κ3) is 3.50. The number of benzene rings is 2. The quantitative estimate of drug-likeness (QED) is 0.462. The fourth-order valence-corrected chi connectivity index (χ4v) is 3.29. The van der Waals surface area contributed by atoms with Gasteiger partial charge in [-0.3, -0.25) is 5.32 Å². The molecule has 6 nitrogen and oxygen atoms in total. The zero-order valence-electron chi connectivity index (χ0n) is 14.4. The van der Waals surface area contributed by atoms with Crippen LogP contribution in [0.4, 0.5) is 5.95 Å². The topological polar surface area (TPSA) is 89.0 Å². The molecule has 0 saturated heterocycles. The summed E-state index contributed by atoms with van der Waals surface area (Å²) in [6.07, 6.45) is 2.68. The monoisotopic (exact) mass is 379 g/mol. The minimum absolute atomic E-state index is 0.215. The number of nitrogen functional groups attached to an aromatic ring is 1. The van der Waals surface area contributed by atoms with Crippen LogP contribution < -0.4 is 11.1 Å². The Kier molecular flexibility index (Phi) is 4.77. The van der Waals surface area contributed by atoms with Gasteiger partial charge in [0.1, 0.15) is 12.0 Å². The number of aliphatic hydroxyl groups is 1. The lowest BCUT2D eigenvalue weighted by Crippen LogP contribution is -2.20. The van der Waals surface area contributed by atoms with Gasteiger partial charge in [-0.05, 0) is 29.8 Å². The van der Waals surface area contributed by atoms with Crippen LogP contribution in [0.1, 0.15) is 17.4 Å². The Morgan fingerprint density at radius 3 is 2.78 bits per heavy atom. The van der Waals surface area contributed by atoms with Crippen molar-refractivity contribution in [1.82, 2.24) is 19.9 Å². The maximum Gasteiger partial charge on any atom is 0.221 e. The standard InChI is InChI=1S/C20H18ClN5O/c21-16-6-2-1-4-13(16)12-24-19(27)15-5-3-7-17-14(15)9-11-26(17)18-8-10-23-20(22)25-18/h1-11,19,24,27H,12H2,(H2,22,23,25). The summed E-state index contributed by atoms with van der Waals surface area (Å²) in [6, 6.07) is 17.1. The van der Waals surface area contributed by atoms with E-state index in [-0.39, 0.29) is 5.95 Å². The van der Waals surface area contributed by atoms with E-state index in [4.69, 9.17) is 17.3 Å². The molecule has 1 atom stereocenters. The summed E-state index contributed by atoms with van der Waals surface area (Å²) in [5.74, 6) is 0.889. The van der Waals surface area contributed by atoms with E-state index in [1.165, 1.54) is 0 Å². The lowest BCUT2D eigenvalue weighted by Gasteiger charge is -2.15. The second kappa shape index (κ2) is 7.36. The maximum absolute atomic E-state index is 10.7. The molecule has 4 rings (SSSR count). The van der Waals surface area contributed by atoms with Crippen molar-refractivity contribution in [2.75, 3.05) is 5.73 Å². The summed E-state index contributed by atoms with van der Waals surface area (Å²) in [7, 11) is 0. The van der Waals surface area contributed by atoms with Gasteiger partial charge in [-0.1, -0.05) is 41.9 Å². The lowest BCUT2D eigenvalue weighted by molar-refractivity contribution is 0.138. The van der Waals surface area contributed by atoms with Crippen LogP contribution in [0, 0.1) is 0 Å². The molecule has 0 bridgehead atoms. The van der Waals surface area contributed by atoms with Crippen LogP contribution in [-0.4, -0.2) is 19.6 Å². The van der Waals surface area contributed by atoms with Crippen LogP contribution in [0.25, 0.3) is 16.7 Å². The molecule has 0 saturated carbocycles. The largest absolute Gasteiger partial charge is 0.374 e. The van der Waals surface area contributed by atoms with Crippen molar-refractivity contribution in [3.63, 3.8) is 0 Å². The Morgan fingerprint density at radius 1 is 1.11 bits per heavy atom. The highest BCUT2D eigenvalue weighted by molar-refractivity contribution is 6.31. The molecular weight excluding hydrogens is 362 g/mol. The van der Waals surface area contributed by atoms with E-state index in [0.717, 1.165) is 22.0 Å². The normalized spacial score (nSPS) is 12.4. The van der Waals surface area contributed by atoms with Gasteiger partial charge in [0.15, 0.2) is 0 Å². The molecule has 1 unspecified atom stereocenters. The first-order valence-corrected chi connectivity index (χ1v) is 8.85. The summed E-state index contributed by atoms with van der Waals surface area (Å²) in [4.78, 5) is 8.19. The number of nitrogens with one attached hydrogen (secondary N) is 1. The van der Waals surface area contributed by atoms with Gasteiger partial charge < -0.3 is 15.4 Å². The molecule has 2 aromatic carbocycles. The predicted molar refractivity (Wildman–Crippen MR) is 107 cm³/mol. The average Bonchev–Trinajstić information content (AvgIpc) is 3.11. The van der Waals surface area contributed by atoms with Crippen molar-refractivity contribution in [2.45, 2.75) is 12.8 Å². The highest BCUT2D eigenvalue weighted by Crippen LogP contribution is 2.27. The van der Waals surface area contributed by atoms with E-state index >= 15 is 0 Å². The molecule has 0 aliphatic rings. The molecular formula is C20H18ClN5O. The zero-order valence-corrected chi connectivity index (χ0v) is 15.1. The van der Waals surface area contributed by atoms with Gasteiger partial charge in [-0.15, -0.1) is 0 Å². The Labute approximate surface area is 161 Å². The van der Waals surface area contributed by atoms with Crippen LogP contribution in [0.3, 0.4) is 0 Å². The van der Waals surface area contributed by atoms with E-state index in [1.807, 2.05) is 59.3 Å². The number of hydrogen-bond acceptors (Lipinski definition) is 5. The molecule has 2 heterocycles. The summed E-state index contributed by atoms with van der Waals surface area (Å²) < 4.78 is 1.91. The van der Waals surface area contributed by atoms with Crippen LogP contribution in [-0.2, 0) is 6.54 Å². The average molecular weight is 380 g/mol. The number of hydrogen-bond donors (Lipinski definition) is 3. The fraction of sp³-hybridized carbons (Fsp3) is 0.100. The number of fused-ring (bicyclic) bond motifs is 1. The van der Waals surface area contributed by atoms with Crippen molar-refractivity contribution in [2.24, 2.45) is 0 Å². The smallest absolute Gasteiger partial charge is 0.221 e. The highest BCUT2D eigenvalue weighted by atomic mass is 35.5. The van der Waals surface area contributed by atoms with Gasteiger partial charge in [-0.2, -0.15) is 4.98 Å². The Hall–Kier alpha value is -2.93. The predicted octanol–water partition coefficient (Wildman–Crippen LogP) is 3.44. The SMILES string of the molecule is Nc1nccc(-n2ccc3c(C(O)NCc4ccccc4Cl)cccc32)n1. The number of aromatic nitrogens is 3. The minimum atomic E-state index is -0.837. The zero-order chi connectivity index (χ0) is 18.8. The Morgan fingerprint density at radius 2 is 1.96 bits per heavy atom. The maximum atomic E-state index is 10.7. The summed E-state index contributed by atoms with van der Waals surface area (Å²) in [5, 5.41) is 15.4. The van der Waals surface area contributed by atoms with Crippen molar-refractivity contribution in [3.8, 4) is 5.82 Å². The third-order valence-corrected chi connectivity index (χ3v) is 4.78. The molecule has 7 heteroatoms. The second-order valence-corrected chi connectivity index (χ2v) is 6.52. The number of halogens is 1. The third-order valence-electron chi connectivity index (χ3n) is 4.41. The van der Waals surface area contributed by atoms with Gasteiger partial charge in [0.25, 0.3) is 0 Å². The molecule has 27 heavy (non-hydrogen) atoms. The molecule has 0 fully saturated rings. The number of aliphatic hydroxyl groups excluding tert-OH is 1. The lowest BCUT2D eigenvalue weighted by atomic mass is 10.1. The summed E-state index contributed by atoms with van der Waals surface area (Å²) in [6.45, 7) is 0.459. The number of nitrogens with zero attached hydrogens (tertiary/aromatic N) is 3. The van der Waals surface area contributed by atoms with E-state index in [9.17, 15) is 5.11 Å². The summed E-state index contributed by atoms with van der Waals surface area (Å²) in [5.41, 5.74) is 8.33. The van der Waals surface area contributed by atoms with Crippen molar-refractivity contribution in [3.05, 3.63) is 83.1 Å². The molecule has 0 amide bonds. The molecule has 0 spiro atoms. The van der Waals surface area contributed by atoms with Gasteiger partial charge in [-0.25, -0.2) is 4.98 Å². The molecule has 2 aromatic heterocycles. The van der Waals surface area contributed by atoms with E-state index < -0.39 is 6.23 Å². The van der Waals surface area contributed by atoms with Crippen LogP contribution >= 0.6 is 11.6 Å². The number of nitrogens with two attached hydrogens (primary N) is 1. The van der Waals surface area contributed by atoms with Gasteiger partial charge in [0.05, 0.1) is 5.52 Å². The van der Waals surface area contributed by atoms with E-state index in [1.54, 1.807) is 12.3 Å². The first-order valence-electron chi connectivity index (χ1n) is 8.47. The first-order chi connectivity index (χ1) is 13.1. The second-order valence-electron chi connectivity index (χ2n) is 6.11. The molecule has 4 N–H and O–H groups in total. The van der Waals surface area contributed by atoms with Crippen molar-refractivity contribution >= 4 is 28.5 Å². The van der Waals surface area contributed by atoms with E-state index in [2.05, 4.69) is 15.3 Å². The molecule has 0 aliphatic heterocycles. The Bertz CT molecular complexity index is 1090. The van der Waals surface area contributed by atoms with Gasteiger partial charge in [0, 0.05) is 34.9 Å².